The Labute approximate surface area is 142 Å². The zero-order valence-electron chi connectivity index (χ0n) is 12.0. The SMILES string of the molecule is CN(C)c1cc(C#N)cc(C(=O)Nc2ccc(Cl)c(Br)c2)c1. The maximum absolute atomic E-state index is 12.4. The minimum atomic E-state index is -0.283. The summed E-state index contributed by atoms with van der Waals surface area (Å²) in [4.78, 5) is 14.2. The number of anilines is 2. The molecular weight excluding hydrogens is 366 g/mol. The Morgan fingerprint density at radius 3 is 2.59 bits per heavy atom. The van der Waals surface area contributed by atoms with Gasteiger partial charge in [0.2, 0.25) is 0 Å². The van der Waals surface area contributed by atoms with E-state index in [1.165, 1.54) is 0 Å². The van der Waals surface area contributed by atoms with E-state index in [9.17, 15) is 4.79 Å². The van der Waals surface area contributed by atoms with Gasteiger partial charge in [0.1, 0.15) is 0 Å². The topological polar surface area (TPSA) is 56.1 Å². The van der Waals surface area contributed by atoms with Crippen molar-refractivity contribution in [3.63, 3.8) is 0 Å². The minimum Gasteiger partial charge on any atom is -0.378 e. The zero-order chi connectivity index (χ0) is 16.3. The number of hydrogen-bond acceptors (Lipinski definition) is 3. The maximum atomic E-state index is 12.4. The van der Waals surface area contributed by atoms with Gasteiger partial charge in [-0.1, -0.05) is 11.6 Å². The molecule has 1 N–H and O–H groups in total. The van der Waals surface area contributed by atoms with Crippen LogP contribution in [-0.2, 0) is 0 Å². The molecule has 0 bridgehead atoms. The Bertz CT molecular complexity index is 768. The molecule has 0 unspecified atom stereocenters. The number of benzene rings is 2. The van der Waals surface area contributed by atoms with E-state index < -0.39 is 0 Å². The van der Waals surface area contributed by atoms with Gasteiger partial charge in [0.15, 0.2) is 0 Å². The summed E-state index contributed by atoms with van der Waals surface area (Å²) in [6.45, 7) is 0. The molecule has 0 aromatic heterocycles. The van der Waals surface area contributed by atoms with Crippen LogP contribution in [-0.4, -0.2) is 20.0 Å². The van der Waals surface area contributed by atoms with Gasteiger partial charge in [0.05, 0.1) is 16.7 Å². The van der Waals surface area contributed by atoms with Crippen LogP contribution in [0.2, 0.25) is 5.02 Å². The van der Waals surface area contributed by atoms with E-state index >= 15 is 0 Å². The van der Waals surface area contributed by atoms with E-state index in [2.05, 4.69) is 27.3 Å². The number of nitrogens with zero attached hydrogens (tertiary/aromatic N) is 2. The molecular formula is C16H13BrClN3O. The summed E-state index contributed by atoms with van der Waals surface area (Å²) in [5.74, 6) is -0.283. The summed E-state index contributed by atoms with van der Waals surface area (Å²) in [5, 5.41) is 12.4. The molecule has 112 valence electrons. The number of rotatable bonds is 3. The van der Waals surface area contributed by atoms with E-state index in [4.69, 9.17) is 16.9 Å². The molecule has 0 heterocycles. The third-order valence-corrected chi connectivity index (χ3v) is 4.22. The summed E-state index contributed by atoms with van der Waals surface area (Å²) in [6.07, 6.45) is 0. The van der Waals surface area contributed by atoms with Crippen molar-refractivity contribution in [2.24, 2.45) is 0 Å². The maximum Gasteiger partial charge on any atom is 0.255 e. The van der Waals surface area contributed by atoms with E-state index in [1.54, 1.807) is 36.4 Å². The predicted octanol–water partition coefficient (Wildman–Crippen LogP) is 4.29. The zero-order valence-corrected chi connectivity index (χ0v) is 14.4. The lowest BCUT2D eigenvalue weighted by Crippen LogP contribution is -2.14. The molecule has 2 aromatic carbocycles. The summed E-state index contributed by atoms with van der Waals surface area (Å²) < 4.78 is 0.701. The highest BCUT2D eigenvalue weighted by Crippen LogP contribution is 2.26. The molecule has 0 fully saturated rings. The van der Waals surface area contributed by atoms with E-state index in [1.807, 2.05) is 19.0 Å². The molecule has 0 aliphatic heterocycles. The molecule has 0 radical (unpaired) electrons. The second kappa shape index (κ2) is 6.82. The van der Waals surface area contributed by atoms with Gasteiger partial charge < -0.3 is 10.2 Å². The molecule has 0 saturated carbocycles. The first-order valence-electron chi connectivity index (χ1n) is 6.39. The van der Waals surface area contributed by atoms with Crippen molar-refractivity contribution < 1.29 is 4.79 Å². The first kappa shape index (κ1) is 16.3. The molecule has 0 aliphatic carbocycles. The lowest BCUT2D eigenvalue weighted by atomic mass is 10.1. The molecule has 0 saturated heterocycles. The van der Waals surface area contributed by atoms with Gasteiger partial charge >= 0.3 is 0 Å². The number of carbonyl (C=O) groups is 1. The fraction of sp³-hybridized carbons (Fsp3) is 0.125. The van der Waals surface area contributed by atoms with Crippen molar-refractivity contribution in [2.45, 2.75) is 0 Å². The largest absolute Gasteiger partial charge is 0.378 e. The van der Waals surface area contributed by atoms with Crippen LogP contribution in [0.5, 0.6) is 0 Å². The van der Waals surface area contributed by atoms with Crippen LogP contribution in [0.25, 0.3) is 0 Å². The van der Waals surface area contributed by atoms with Crippen molar-refractivity contribution in [3.8, 4) is 6.07 Å². The van der Waals surface area contributed by atoms with Gasteiger partial charge in [0, 0.05) is 35.5 Å². The Morgan fingerprint density at radius 1 is 1.27 bits per heavy atom. The summed E-state index contributed by atoms with van der Waals surface area (Å²) in [7, 11) is 3.71. The Morgan fingerprint density at radius 2 is 2.00 bits per heavy atom. The fourth-order valence-electron chi connectivity index (χ4n) is 1.84. The first-order chi connectivity index (χ1) is 10.4. The van der Waals surface area contributed by atoms with Crippen LogP contribution >= 0.6 is 27.5 Å². The van der Waals surface area contributed by atoms with Crippen LogP contribution in [0.15, 0.2) is 40.9 Å². The van der Waals surface area contributed by atoms with E-state index in [-0.39, 0.29) is 5.91 Å². The molecule has 6 heteroatoms. The third kappa shape index (κ3) is 3.79. The predicted molar refractivity (Wildman–Crippen MR) is 92.6 cm³/mol. The third-order valence-electron chi connectivity index (χ3n) is 3.00. The molecule has 4 nitrogen and oxygen atoms in total. The van der Waals surface area contributed by atoms with Gasteiger partial charge in [-0.05, 0) is 52.3 Å². The van der Waals surface area contributed by atoms with Gasteiger partial charge in [-0.25, -0.2) is 0 Å². The lowest BCUT2D eigenvalue weighted by molar-refractivity contribution is 0.102. The van der Waals surface area contributed by atoms with E-state index in [0.717, 1.165) is 5.69 Å². The average molecular weight is 379 g/mol. The van der Waals surface area contributed by atoms with Gasteiger partial charge in [-0.15, -0.1) is 0 Å². The number of nitrogens with one attached hydrogen (secondary N) is 1. The van der Waals surface area contributed by atoms with Crippen LogP contribution in [0.1, 0.15) is 15.9 Å². The van der Waals surface area contributed by atoms with Crippen molar-refractivity contribution in [1.29, 1.82) is 5.26 Å². The van der Waals surface area contributed by atoms with Crippen LogP contribution in [0.3, 0.4) is 0 Å². The molecule has 0 aliphatic rings. The highest BCUT2D eigenvalue weighted by molar-refractivity contribution is 9.10. The highest BCUT2D eigenvalue weighted by atomic mass is 79.9. The van der Waals surface area contributed by atoms with Crippen LogP contribution < -0.4 is 10.2 Å². The summed E-state index contributed by atoms with van der Waals surface area (Å²) in [6, 6.07) is 12.2. The van der Waals surface area contributed by atoms with Gasteiger partial charge in [-0.3, -0.25) is 4.79 Å². The normalized spacial score (nSPS) is 9.95. The summed E-state index contributed by atoms with van der Waals surface area (Å²) in [5.41, 5.74) is 2.28. The molecule has 2 aromatic rings. The van der Waals surface area contributed by atoms with Crippen LogP contribution in [0.4, 0.5) is 11.4 Å². The second-order valence-corrected chi connectivity index (χ2v) is 6.12. The minimum absolute atomic E-state index is 0.283. The Balaban J connectivity index is 2.31. The van der Waals surface area contributed by atoms with Gasteiger partial charge in [0.25, 0.3) is 5.91 Å². The van der Waals surface area contributed by atoms with Gasteiger partial charge in [-0.2, -0.15) is 5.26 Å². The number of halogens is 2. The van der Waals surface area contributed by atoms with Crippen molar-refractivity contribution in [1.82, 2.24) is 0 Å². The van der Waals surface area contributed by atoms with Crippen molar-refractivity contribution in [3.05, 3.63) is 57.0 Å². The first-order valence-corrected chi connectivity index (χ1v) is 7.56. The smallest absolute Gasteiger partial charge is 0.255 e. The average Bonchev–Trinajstić information content (AvgIpc) is 2.50. The molecule has 2 rings (SSSR count). The van der Waals surface area contributed by atoms with E-state index in [0.29, 0.717) is 26.3 Å². The number of carbonyl (C=O) groups excluding carboxylic acids is 1. The molecule has 22 heavy (non-hydrogen) atoms. The monoisotopic (exact) mass is 377 g/mol. The number of nitriles is 1. The quantitative estimate of drug-likeness (QED) is 0.866. The second-order valence-electron chi connectivity index (χ2n) is 4.86. The van der Waals surface area contributed by atoms with Crippen LogP contribution in [0, 0.1) is 11.3 Å². The van der Waals surface area contributed by atoms with Crippen molar-refractivity contribution in [2.75, 3.05) is 24.3 Å². The highest BCUT2D eigenvalue weighted by Gasteiger charge is 2.11. The Kier molecular flexibility index (Phi) is 5.07. The molecule has 0 atom stereocenters. The lowest BCUT2D eigenvalue weighted by Gasteiger charge is -2.14. The fourth-order valence-corrected chi connectivity index (χ4v) is 2.34. The molecule has 1 amide bonds. The number of amides is 1. The molecule has 0 spiro atoms. The Hall–Kier alpha value is -2.03. The van der Waals surface area contributed by atoms with Crippen molar-refractivity contribution >= 4 is 44.8 Å². The summed E-state index contributed by atoms with van der Waals surface area (Å²) >= 11 is 9.24. The standard InChI is InChI=1S/C16H13BrClN3O/c1-21(2)13-6-10(9-19)5-11(7-13)16(22)20-12-3-4-15(18)14(17)8-12/h3-8H,1-2H3,(H,20,22). The number of hydrogen-bond donors (Lipinski definition) is 1.